The molecule has 1 fully saturated rings. The fourth-order valence-corrected chi connectivity index (χ4v) is 1.48. The average molecular weight is 194 g/mol. The minimum atomic E-state index is -0.457. The molecule has 1 rings (SSSR count). The molecule has 0 aromatic heterocycles. The van der Waals surface area contributed by atoms with E-state index in [4.69, 9.17) is 6.42 Å². The highest BCUT2D eigenvalue weighted by molar-refractivity contribution is 5.96. The Kier molecular flexibility index (Phi) is 3.13. The first-order valence-corrected chi connectivity index (χ1v) is 4.66. The van der Waals surface area contributed by atoms with Crippen molar-refractivity contribution in [2.75, 3.05) is 6.54 Å². The van der Waals surface area contributed by atoms with Crippen molar-refractivity contribution in [1.29, 1.82) is 0 Å². The highest BCUT2D eigenvalue weighted by Crippen LogP contribution is 2.10. The summed E-state index contributed by atoms with van der Waals surface area (Å²) in [5, 5.41) is 2.66. The normalized spacial score (nSPS) is 27.1. The van der Waals surface area contributed by atoms with Crippen molar-refractivity contribution >= 4 is 11.8 Å². The Labute approximate surface area is 83.6 Å². The van der Waals surface area contributed by atoms with Crippen LogP contribution >= 0.6 is 0 Å². The molecule has 0 aliphatic carbocycles. The first kappa shape index (κ1) is 10.6. The van der Waals surface area contributed by atoms with Crippen LogP contribution in [0.3, 0.4) is 0 Å². The molecule has 2 unspecified atom stereocenters. The van der Waals surface area contributed by atoms with Crippen molar-refractivity contribution < 1.29 is 9.59 Å². The van der Waals surface area contributed by atoms with Gasteiger partial charge in [0.05, 0.1) is 6.54 Å². The van der Waals surface area contributed by atoms with Crippen molar-refractivity contribution in [3.63, 3.8) is 0 Å². The first-order valence-electron chi connectivity index (χ1n) is 4.66. The lowest BCUT2D eigenvalue weighted by atomic mass is 10.1. The van der Waals surface area contributed by atoms with Gasteiger partial charge in [-0.05, 0) is 13.3 Å². The summed E-state index contributed by atoms with van der Waals surface area (Å²) in [4.78, 5) is 24.6. The van der Waals surface area contributed by atoms with E-state index in [1.54, 1.807) is 6.92 Å². The van der Waals surface area contributed by atoms with Crippen LogP contribution in [0.15, 0.2) is 0 Å². The number of nitrogens with zero attached hydrogens (tertiary/aromatic N) is 1. The van der Waals surface area contributed by atoms with Gasteiger partial charge in [-0.15, -0.1) is 6.42 Å². The molecule has 0 saturated carbocycles. The average Bonchev–Trinajstić information content (AvgIpc) is 2.18. The SMILES string of the molecule is C#CCN1C(=O)C(CC)NC(=O)C1C. The monoisotopic (exact) mass is 194 g/mol. The maximum atomic E-state index is 11.7. The molecular weight excluding hydrogens is 180 g/mol. The molecule has 0 aromatic rings. The highest BCUT2D eigenvalue weighted by atomic mass is 16.2. The number of carbonyl (C=O) groups is 2. The predicted molar refractivity (Wildman–Crippen MR) is 52.2 cm³/mol. The highest BCUT2D eigenvalue weighted by Gasteiger charge is 2.36. The van der Waals surface area contributed by atoms with Gasteiger partial charge in [0, 0.05) is 0 Å². The standard InChI is InChI=1S/C10H14N2O2/c1-4-6-12-7(3)9(13)11-8(5-2)10(12)14/h1,7-8H,5-6H2,2-3H3,(H,11,13). The fraction of sp³-hybridized carbons (Fsp3) is 0.600. The van der Waals surface area contributed by atoms with E-state index in [9.17, 15) is 9.59 Å². The maximum absolute atomic E-state index is 11.7. The van der Waals surface area contributed by atoms with Crippen LogP contribution in [0.4, 0.5) is 0 Å². The van der Waals surface area contributed by atoms with E-state index in [1.165, 1.54) is 4.90 Å². The molecule has 4 nitrogen and oxygen atoms in total. The summed E-state index contributed by atoms with van der Waals surface area (Å²) in [6.07, 6.45) is 5.74. The fourth-order valence-electron chi connectivity index (χ4n) is 1.48. The first-order chi connectivity index (χ1) is 6.61. The third kappa shape index (κ3) is 1.72. The number of hydrogen-bond acceptors (Lipinski definition) is 2. The van der Waals surface area contributed by atoms with Gasteiger partial charge in [0.25, 0.3) is 0 Å². The minimum Gasteiger partial charge on any atom is -0.343 e. The van der Waals surface area contributed by atoms with Crippen LogP contribution in [-0.2, 0) is 9.59 Å². The second kappa shape index (κ2) is 4.14. The van der Waals surface area contributed by atoms with E-state index in [-0.39, 0.29) is 18.4 Å². The lowest BCUT2D eigenvalue weighted by molar-refractivity contribution is -0.147. The van der Waals surface area contributed by atoms with Crippen LogP contribution in [0.1, 0.15) is 20.3 Å². The molecule has 0 aromatic carbocycles. The molecule has 1 N–H and O–H groups in total. The molecular formula is C10H14N2O2. The molecule has 0 spiro atoms. The summed E-state index contributed by atoms with van der Waals surface area (Å²) in [5.41, 5.74) is 0. The van der Waals surface area contributed by atoms with Crippen LogP contribution in [0, 0.1) is 12.3 Å². The number of terminal acetylenes is 1. The number of piperazine rings is 1. The van der Waals surface area contributed by atoms with Crippen molar-refractivity contribution in [1.82, 2.24) is 10.2 Å². The van der Waals surface area contributed by atoms with Gasteiger partial charge in [0.2, 0.25) is 11.8 Å². The zero-order valence-corrected chi connectivity index (χ0v) is 8.41. The third-order valence-corrected chi connectivity index (χ3v) is 2.41. The van der Waals surface area contributed by atoms with Crippen LogP contribution in [-0.4, -0.2) is 35.3 Å². The summed E-state index contributed by atoms with van der Waals surface area (Å²) in [5.74, 6) is 2.17. The Balaban J connectivity index is 2.84. The summed E-state index contributed by atoms with van der Waals surface area (Å²) >= 11 is 0. The van der Waals surface area contributed by atoms with E-state index in [1.807, 2.05) is 6.92 Å². The van der Waals surface area contributed by atoms with Crippen LogP contribution in [0.2, 0.25) is 0 Å². The number of rotatable bonds is 2. The van der Waals surface area contributed by atoms with Crippen LogP contribution < -0.4 is 5.32 Å². The summed E-state index contributed by atoms with van der Waals surface area (Å²) < 4.78 is 0. The summed E-state index contributed by atoms with van der Waals surface area (Å²) in [6, 6.07) is -0.867. The van der Waals surface area contributed by atoms with Gasteiger partial charge in [-0.2, -0.15) is 0 Å². The van der Waals surface area contributed by atoms with Crippen molar-refractivity contribution in [2.45, 2.75) is 32.4 Å². The Morgan fingerprint density at radius 1 is 1.57 bits per heavy atom. The van der Waals surface area contributed by atoms with E-state index in [0.717, 1.165) is 0 Å². The van der Waals surface area contributed by atoms with Gasteiger partial charge in [-0.25, -0.2) is 0 Å². The molecule has 0 bridgehead atoms. The van der Waals surface area contributed by atoms with E-state index >= 15 is 0 Å². The van der Waals surface area contributed by atoms with Gasteiger partial charge in [-0.3, -0.25) is 9.59 Å². The second-order valence-corrected chi connectivity index (χ2v) is 3.32. The topological polar surface area (TPSA) is 49.4 Å². The third-order valence-electron chi connectivity index (χ3n) is 2.41. The zero-order chi connectivity index (χ0) is 10.7. The molecule has 1 aliphatic heterocycles. The predicted octanol–water partition coefficient (Wildman–Crippen LogP) is -0.255. The molecule has 1 heterocycles. The minimum absolute atomic E-state index is 0.0856. The molecule has 4 heteroatoms. The Bertz CT molecular complexity index is 293. The summed E-state index contributed by atoms with van der Waals surface area (Å²) in [7, 11) is 0. The number of carbonyl (C=O) groups excluding carboxylic acids is 2. The van der Waals surface area contributed by atoms with Gasteiger partial charge in [0.1, 0.15) is 12.1 Å². The van der Waals surface area contributed by atoms with Crippen molar-refractivity contribution in [2.24, 2.45) is 0 Å². The van der Waals surface area contributed by atoms with Crippen molar-refractivity contribution in [3.8, 4) is 12.3 Å². The van der Waals surface area contributed by atoms with Gasteiger partial charge >= 0.3 is 0 Å². The van der Waals surface area contributed by atoms with Crippen molar-refractivity contribution in [3.05, 3.63) is 0 Å². The Morgan fingerprint density at radius 2 is 2.21 bits per heavy atom. The second-order valence-electron chi connectivity index (χ2n) is 3.32. The van der Waals surface area contributed by atoms with E-state index in [2.05, 4.69) is 11.2 Å². The Morgan fingerprint density at radius 3 is 2.71 bits per heavy atom. The molecule has 1 aliphatic rings. The molecule has 76 valence electrons. The number of nitrogens with one attached hydrogen (secondary N) is 1. The quantitative estimate of drug-likeness (QED) is 0.616. The van der Waals surface area contributed by atoms with Gasteiger partial charge < -0.3 is 10.2 Å². The largest absolute Gasteiger partial charge is 0.343 e. The lowest BCUT2D eigenvalue weighted by Crippen LogP contribution is -2.62. The number of amides is 2. The van der Waals surface area contributed by atoms with Crippen LogP contribution in [0.25, 0.3) is 0 Å². The van der Waals surface area contributed by atoms with E-state index < -0.39 is 12.1 Å². The van der Waals surface area contributed by atoms with Crippen LogP contribution in [0.5, 0.6) is 0 Å². The molecule has 2 amide bonds. The molecule has 2 atom stereocenters. The lowest BCUT2D eigenvalue weighted by Gasteiger charge is -2.35. The molecule has 1 saturated heterocycles. The molecule has 0 radical (unpaired) electrons. The van der Waals surface area contributed by atoms with Gasteiger partial charge in [0.15, 0.2) is 0 Å². The van der Waals surface area contributed by atoms with Gasteiger partial charge in [-0.1, -0.05) is 12.8 Å². The summed E-state index contributed by atoms with van der Waals surface area (Å²) in [6.45, 7) is 3.73. The maximum Gasteiger partial charge on any atom is 0.246 e. The smallest absolute Gasteiger partial charge is 0.246 e. The molecule has 14 heavy (non-hydrogen) atoms. The van der Waals surface area contributed by atoms with E-state index in [0.29, 0.717) is 6.42 Å². The Hall–Kier alpha value is -1.50. The zero-order valence-electron chi connectivity index (χ0n) is 8.41. The number of hydrogen-bond donors (Lipinski definition) is 1.